The molecule has 0 saturated carbocycles. The van der Waals surface area contributed by atoms with E-state index in [-0.39, 0.29) is 16.7 Å². The molecule has 0 saturated heterocycles. The number of pyridine rings is 1. The van der Waals surface area contributed by atoms with Crippen molar-refractivity contribution in [3.8, 4) is 0 Å². The lowest BCUT2D eigenvalue weighted by Crippen LogP contribution is -2.14. The van der Waals surface area contributed by atoms with Crippen molar-refractivity contribution in [3.05, 3.63) is 99.9 Å². The molecule has 3 aromatic rings. The van der Waals surface area contributed by atoms with Gasteiger partial charge in [0.25, 0.3) is 5.69 Å². The van der Waals surface area contributed by atoms with E-state index >= 15 is 0 Å². The van der Waals surface area contributed by atoms with Crippen LogP contribution in [0.15, 0.2) is 72.9 Å². The van der Waals surface area contributed by atoms with Crippen LogP contribution in [0, 0.1) is 17.0 Å². The molecule has 1 unspecified atom stereocenters. The molecule has 24 heavy (non-hydrogen) atoms. The minimum absolute atomic E-state index is 0.0473. The van der Waals surface area contributed by atoms with Crippen LogP contribution in [0.4, 0.5) is 11.4 Å². The zero-order valence-electron chi connectivity index (χ0n) is 13.2. The molecular weight excluding hydrogens is 302 g/mol. The van der Waals surface area contributed by atoms with Gasteiger partial charge in [-0.3, -0.25) is 15.1 Å². The van der Waals surface area contributed by atoms with Crippen molar-refractivity contribution in [2.45, 2.75) is 13.0 Å². The second-order valence-corrected chi connectivity index (χ2v) is 5.52. The second kappa shape index (κ2) is 6.91. The van der Waals surface area contributed by atoms with E-state index in [0.29, 0.717) is 5.69 Å². The summed E-state index contributed by atoms with van der Waals surface area (Å²) in [6.45, 7) is 2.02. The van der Waals surface area contributed by atoms with E-state index in [1.54, 1.807) is 24.4 Å². The maximum atomic E-state index is 11.3. The molecule has 0 spiro atoms. The van der Waals surface area contributed by atoms with Gasteiger partial charge >= 0.3 is 0 Å². The van der Waals surface area contributed by atoms with E-state index in [1.165, 1.54) is 6.07 Å². The Balaban J connectivity index is 2.05. The molecule has 1 heterocycles. The molecule has 0 bridgehead atoms. The highest BCUT2D eigenvalue weighted by Crippen LogP contribution is 2.31. The summed E-state index contributed by atoms with van der Waals surface area (Å²) in [5.74, 6) is 0. The van der Waals surface area contributed by atoms with Gasteiger partial charge in [0.2, 0.25) is 0 Å². The van der Waals surface area contributed by atoms with E-state index in [0.717, 1.165) is 16.8 Å². The van der Waals surface area contributed by atoms with Gasteiger partial charge in [-0.15, -0.1) is 0 Å². The fourth-order valence-corrected chi connectivity index (χ4v) is 2.63. The Morgan fingerprint density at radius 3 is 2.54 bits per heavy atom. The van der Waals surface area contributed by atoms with Gasteiger partial charge in [0.15, 0.2) is 0 Å². The zero-order chi connectivity index (χ0) is 16.9. The van der Waals surface area contributed by atoms with Crippen LogP contribution in [-0.4, -0.2) is 9.91 Å². The van der Waals surface area contributed by atoms with Crippen LogP contribution in [0.1, 0.15) is 22.9 Å². The molecule has 0 amide bonds. The average Bonchev–Trinajstić information content (AvgIpc) is 2.60. The summed E-state index contributed by atoms with van der Waals surface area (Å²) in [5, 5.41) is 14.6. The van der Waals surface area contributed by atoms with E-state index in [1.807, 2.05) is 43.3 Å². The monoisotopic (exact) mass is 319 g/mol. The van der Waals surface area contributed by atoms with E-state index in [2.05, 4.69) is 16.4 Å². The summed E-state index contributed by atoms with van der Waals surface area (Å²) in [6, 6.07) is 20.1. The molecule has 0 radical (unpaired) electrons. The third-order valence-electron chi connectivity index (χ3n) is 3.76. The molecule has 1 aromatic heterocycles. The molecule has 1 atom stereocenters. The van der Waals surface area contributed by atoms with Gasteiger partial charge in [-0.05, 0) is 30.7 Å². The summed E-state index contributed by atoms with van der Waals surface area (Å²) in [4.78, 5) is 15.3. The number of aromatic nitrogens is 1. The first-order valence-electron chi connectivity index (χ1n) is 7.62. The first kappa shape index (κ1) is 15.7. The van der Waals surface area contributed by atoms with Gasteiger partial charge in [-0.25, -0.2) is 0 Å². The van der Waals surface area contributed by atoms with E-state index in [9.17, 15) is 10.1 Å². The van der Waals surface area contributed by atoms with Crippen molar-refractivity contribution in [3.63, 3.8) is 0 Å². The van der Waals surface area contributed by atoms with E-state index in [4.69, 9.17) is 0 Å². The predicted octanol–water partition coefficient (Wildman–Crippen LogP) is 4.50. The maximum Gasteiger partial charge on any atom is 0.292 e. The molecule has 3 rings (SSSR count). The average molecular weight is 319 g/mol. The highest BCUT2D eigenvalue weighted by Gasteiger charge is 2.20. The quantitative estimate of drug-likeness (QED) is 0.555. The standard InChI is InChI=1S/C19H17N3O2/c1-14-7-6-8-15(13-14)19(17-10-4-5-12-20-17)21-16-9-2-3-11-18(16)22(23)24/h2-13,19,21H,1H3. The van der Waals surface area contributed by atoms with Crippen molar-refractivity contribution in [2.75, 3.05) is 5.32 Å². The van der Waals surface area contributed by atoms with Gasteiger partial charge in [0.1, 0.15) is 5.69 Å². The normalized spacial score (nSPS) is 11.7. The molecule has 0 fully saturated rings. The van der Waals surface area contributed by atoms with Crippen molar-refractivity contribution < 1.29 is 4.92 Å². The number of nitrogens with one attached hydrogen (secondary N) is 1. The maximum absolute atomic E-state index is 11.3. The molecule has 2 aromatic carbocycles. The Bertz CT molecular complexity index is 850. The molecule has 0 aliphatic heterocycles. The topological polar surface area (TPSA) is 68.1 Å². The molecular formula is C19H17N3O2. The Morgan fingerprint density at radius 2 is 1.83 bits per heavy atom. The van der Waals surface area contributed by atoms with Crippen molar-refractivity contribution in [2.24, 2.45) is 0 Å². The number of nitro benzene ring substituents is 1. The van der Waals surface area contributed by atoms with Crippen LogP contribution in [0.5, 0.6) is 0 Å². The van der Waals surface area contributed by atoms with Gasteiger partial charge in [0, 0.05) is 12.3 Å². The van der Waals surface area contributed by atoms with Gasteiger partial charge in [-0.1, -0.05) is 48.0 Å². The van der Waals surface area contributed by atoms with Crippen molar-refractivity contribution in [1.29, 1.82) is 0 Å². The van der Waals surface area contributed by atoms with Crippen molar-refractivity contribution >= 4 is 11.4 Å². The molecule has 5 nitrogen and oxygen atoms in total. The number of benzene rings is 2. The lowest BCUT2D eigenvalue weighted by molar-refractivity contribution is -0.384. The lowest BCUT2D eigenvalue weighted by atomic mass is 10.0. The van der Waals surface area contributed by atoms with Crippen LogP contribution in [0.2, 0.25) is 0 Å². The third-order valence-corrected chi connectivity index (χ3v) is 3.76. The van der Waals surface area contributed by atoms with Crippen LogP contribution >= 0.6 is 0 Å². The molecule has 5 heteroatoms. The van der Waals surface area contributed by atoms with Gasteiger partial charge < -0.3 is 5.32 Å². The summed E-state index contributed by atoms with van der Waals surface area (Å²) in [6.07, 6.45) is 1.72. The molecule has 1 N–H and O–H groups in total. The first-order chi connectivity index (χ1) is 11.6. The number of hydrogen-bond acceptors (Lipinski definition) is 4. The van der Waals surface area contributed by atoms with Crippen LogP contribution < -0.4 is 5.32 Å². The number of aryl methyl sites for hydroxylation is 1. The van der Waals surface area contributed by atoms with Crippen LogP contribution in [0.25, 0.3) is 0 Å². The largest absolute Gasteiger partial charge is 0.367 e. The highest BCUT2D eigenvalue weighted by molar-refractivity contribution is 5.63. The third kappa shape index (κ3) is 3.41. The lowest BCUT2D eigenvalue weighted by Gasteiger charge is -2.20. The van der Waals surface area contributed by atoms with Crippen molar-refractivity contribution in [1.82, 2.24) is 4.98 Å². The van der Waals surface area contributed by atoms with E-state index < -0.39 is 0 Å². The molecule has 0 aliphatic carbocycles. The smallest absolute Gasteiger partial charge is 0.292 e. The predicted molar refractivity (Wildman–Crippen MR) is 94.0 cm³/mol. The number of anilines is 1. The summed E-state index contributed by atoms with van der Waals surface area (Å²) in [7, 11) is 0. The first-order valence-corrected chi connectivity index (χ1v) is 7.62. The van der Waals surface area contributed by atoms with Gasteiger partial charge in [-0.2, -0.15) is 0 Å². The Hall–Kier alpha value is -3.21. The number of hydrogen-bond donors (Lipinski definition) is 1. The fourth-order valence-electron chi connectivity index (χ4n) is 2.63. The Labute approximate surface area is 140 Å². The number of nitro groups is 1. The summed E-state index contributed by atoms with van der Waals surface area (Å²) in [5.41, 5.74) is 3.46. The fraction of sp³-hybridized carbons (Fsp3) is 0.105. The number of nitrogens with zero attached hydrogens (tertiary/aromatic N) is 2. The Kier molecular flexibility index (Phi) is 4.52. The van der Waals surface area contributed by atoms with Gasteiger partial charge in [0.05, 0.1) is 16.7 Å². The minimum Gasteiger partial charge on any atom is -0.367 e. The second-order valence-electron chi connectivity index (χ2n) is 5.52. The van der Waals surface area contributed by atoms with Crippen LogP contribution in [0.3, 0.4) is 0 Å². The Morgan fingerprint density at radius 1 is 1.04 bits per heavy atom. The zero-order valence-corrected chi connectivity index (χ0v) is 13.2. The van der Waals surface area contributed by atoms with Crippen LogP contribution in [-0.2, 0) is 0 Å². The molecule has 0 aliphatic rings. The molecule has 120 valence electrons. The summed E-state index contributed by atoms with van der Waals surface area (Å²) >= 11 is 0. The highest BCUT2D eigenvalue weighted by atomic mass is 16.6. The SMILES string of the molecule is Cc1cccc(C(Nc2ccccc2[N+](=O)[O-])c2ccccn2)c1. The summed E-state index contributed by atoms with van der Waals surface area (Å²) < 4.78 is 0. The number of para-hydroxylation sites is 2. The number of rotatable bonds is 5. The minimum atomic E-state index is -0.381.